The van der Waals surface area contributed by atoms with Crippen molar-refractivity contribution in [2.24, 2.45) is 5.92 Å². The first kappa shape index (κ1) is 22.7. The van der Waals surface area contributed by atoms with Crippen molar-refractivity contribution in [2.45, 2.75) is 26.8 Å². The molecule has 0 aliphatic carbocycles. The maximum Gasteiger partial charge on any atom is 0.229 e. The maximum atomic E-state index is 12.8. The summed E-state index contributed by atoms with van der Waals surface area (Å²) in [7, 11) is 0. The Kier molecular flexibility index (Phi) is 8.49. The fourth-order valence-electron chi connectivity index (χ4n) is 3.36. The molecule has 1 aliphatic rings. The largest absolute Gasteiger partial charge is 0.492 e. The lowest BCUT2D eigenvalue weighted by Gasteiger charge is -2.20. The third-order valence-corrected chi connectivity index (χ3v) is 4.79. The average Bonchev–Trinajstić information content (AvgIpc) is 3.10. The van der Waals surface area contributed by atoms with Gasteiger partial charge in [0, 0.05) is 25.2 Å². The predicted octanol–water partition coefficient (Wildman–Crippen LogP) is 3.61. The number of halogens is 1. The molecule has 0 spiro atoms. The monoisotopic (exact) mass is 417 g/mol. The van der Waals surface area contributed by atoms with Crippen molar-refractivity contribution >= 4 is 35.6 Å². The van der Waals surface area contributed by atoms with Crippen LogP contribution in [0.25, 0.3) is 0 Å². The van der Waals surface area contributed by atoms with Crippen LogP contribution in [0, 0.1) is 5.92 Å². The van der Waals surface area contributed by atoms with E-state index in [9.17, 15) is 9.59 Å². The van der Waals surface area contributed by atoms with Crippen LogP contribution < -0.4 is 20.3 Å². The number of para-hydroxylation sites is 3. The van der Waals surface area contributed by atoms with Gasteiger partial charge in [0.2, 0.25) is 11.8 Å². The van der Waals surface area contributed by atoms with Gasteiger partial charge >= 0.3 is 0 Å². The van der Waals surface area contributed by atoms with Gasteiger partial charge in [0.25, 0.3) is 0 Å². The fraction of sp³-hybridized carbons (Fsp3) is 0.364. The van der Waals surface area contributed by atoms with Crippen LogP contribution in [0.2, 0.25) is 0 Å². The van der Waals surface area contributed by atoms with Crippen LogP contribution in [0.15, 0.2) is 48.5 Å². The number of rotatable bonds is 8. The molecule has 1 saturated heterocycles. The molecule has 1 fully saturated rings. The Labute approximate surface area is 178 Å². The number of nitrogens with zero attached hydrogens (tertiary/aromatic N) is 1. The molecule has 0 saturated carbocycles. The number of amides is 2. The Balaban J connectivity index is 0.00000300. The quantitative estimate of drug-likeness (QED) is 0.688. The standard InChI is InChI=1S/C22H27N3O3.ClH/c1-3-23-14-16-9-5-6-10-18(16)24-22(27)17-13-21(26)25(15-17)19-11-7-8-12-20(19)28-4-2;/h5-12,17,23H,3-4,13-15H2,1-2H3,(H,24,27);1H. The highest BCUT2D eigenvalue weighted by molar-refractivity contribution is 6.04. The van der Waals surface area contributed by atoms with E-state index in [1.807, 2.05) is 62.4 Å². The van der Waals surface area contributed by atoms with E-state index in [1.165, 1.54) is 0 Å². The molecule has 6 nitrogen and oxygen atoms in total. The lowest BCUT2D eigenvalue weighted by atomic mass is 10.1. The van der Waals surface area contributed by atoms with Gasteiger partial charge in [-0.15, -0.1) is 12.4 Å². The summed E-state index contributed by atoms with van der Waals surface area (Å²) in [6.07, 6.45) is 0.196. The molecule has 1 heterocycles. The Hall–Kier alpha value is -2.57. The molecule has 156 valence electrons. The van der Waals surface area contributed by atoms with Crippen molar-refractivity contribution in [3.05, 3.63) is 54.1 Å². The highest BCUT2D eigenvalue weighted by Crippen LogP contribution is 2.33. The second-order valence-electron chi connectivity index (χ2n) is 6.73. The second kappa shape index (κ2) is 10.8. The van der Waals surface area contributed by atoms with Crippen LogP contribution in [0.4, 0.5) is 11.4 Å². The first-order valence-electron chi connectivity index (χ1n) is 9.75. The fourth-order valence-corrected chi connectivity index (χ4v) is 3.36. The highest BCUT2D eigenvalue weighted by atomic mass is 35.5. The van der Waals surface area contributed by atoms with E-state index in [2.05, 4.69) is 10.6 Å². The number of hydrogen-bond donors (Lipinski definition) is 2. The zero-order valence-corrected chi connectivity index (χ0v) is 17.6. The predicted molar refractivity (Wildman–Crippen MR) is 118 cm³/mol. The molecule has 0 bridgehead atoms. The van der Waals surface area contributed by atoms with Crippen LogP contribution in [-0.2, 0) is 16.1 Å². The molecule has 7 heteroatoms. The molecule has 29 heavy (non-hydrogen) atoms. The summed E-state index contributed by atoms with van der Waals surface area (Å²) in [6, 6.07) is 15.2. The van der Waals surface area contributed by atoms with Crippen LogP contribution in [-0.4, -0.2) is 31.5 Å². The average molecular weight is 418 g/mol. The number of benzene rings is 2. The Morgan fingerprint density at radius 2 is 1.86 bits per heavy atom. The summed E-state index contributed by atoms with van der Waals surface area (Å²) in [4.78, 5) is 27.1. The van der Waals surface area contributed by atoms with Crippen molar-refractivity contribution in [2.75, 3.05) is 29.9 Å². The van der Waals surface area contributed by atoms with E-state index in [4.69, 9.17) is 4.74 Å². The Morgan fingerprint density at radius 3 is 2.62 bits per heavy atom. The SMILES string of the molecule is CCNCc1ccccc1NC(=O)C1CC(=O)N(c2ccccc2OCC)C1.Cl. The lowest BCUT2D eigenvalue weighted by molar-refractivity contribution is -0.122. The molecule has 2 amide bonds. The highest BCUT2D eigenvalue weighted by Gasteiger charge is 2.36. The number of nitrogens with one attached hydrogen (secondary N) is 2. The number of carbonyl (C=O) groups is 2. The van der Waals surface area contributed by atoms with Crippen LogP contribution >= 0.6 is 12.4 Å². The molecular weight excluding hydrogens is 390 g/mol. The van der Waals surface area contributed by atoms with Gasteiger partial charge in [0.05, 0.1) is 18.2 Å². The first-order chi connectivity index (χ1) is 13.6. The van der Waals surface area contributed by atoms with Gasteiger partial charge in [-0.25, -0.2) is 0 Å². The third kappa shape index (κ3) is 5.49. The van der Waals surface area contributed by atoms with E-state index < -0.39 is 5.92 Å². The zero-order chi connectivity index (χ0) is 19.9. The minimum Gasteiger partial charge on any atom is -0.492 e. The molecule has 0 aromatic heterocycles. The number of hydrogen-bond acceptors (Lipinski definition) is 4. The Bertz CT molecular complexity index is 844. The minimum atomic E-state index is -0.394. The summed E-state index contributed by atoms with van der Waals surface area (Å²) in [5.41, 5.74) is 2.53. The summed E-state index contributed by atoms with van der Waals surface area (Å²) >= 11 is 0. The van der Waals surface area contributed by atoms with Crippen LogP contribution in [0.1, 0.15) is 25.8 Å². The normalized spacial score (nSPS) is 15.7. The Morgan fingerprint density at radius 1 is 1.14 bits per heavy atom. The summed E-state index contributed by atoms with van der Waals surface area (Å²) in [5.74, 6) is 0.0756. The van der Waals surface area contributed by atoms with E-state index in [1.54, 1.807) is 4.90 Å². The maximum absolute atomic E-state index is 12.8. The number of anilines is 2. The van der Waals surface area contributed by atoms with E-state index in [-0.39, 0.29) is 30.6 Å². The summed E-state index contributed by atoms with van der Waals surface area (Å²) in [5, 5.41) is 6.28. The molecule has 0 radical (unpaired) electrons. The molecule has 2 aromatic carbocycles. The van der Waals surface area contributed by atoms with Crippen molar-refractivity contribution < 1.29 is 14.3 Å². The van der Waals surface area contributed by atoms with E-state index in [0.29, 0.717) is 25.4 Å². The van der Waals surface area contributed by atoms with Crippen molar-refractivity contribution in [1.82, 2.24) is 5.32 Å². The van der Waals surface area contributed by atoms with Crippen molar-refractivity contribution in [3.8, 4) is 5.75 Å². The molecule has 3 rings (SSSR count). The molecule has 1 atom stereocenters. The lowest BCUT2D eigenvalue weighted by Crippen LogP contribution is -2.28. The molecular formula is C22H28ClN3O3. The number of carbonyl (C=O) groups excluding carboxylic acids is 2. The van der Waals surface area contributed by atoms with Gasteiger partial charge in [-0.05, 0) is 37.2 Å². The molecule has 1 aliphatic heterocycles. The first-order valence-corrected chi connectivity index (χ1v) is 9.75. The van der Waals surface area contributed by atoms with Gasteiger partial charge in [0.15, 0.2) is 0 Å². The zero-order valence-electron chi connectivity index (χ0n) is 16.8. The molecule has 2 aromatic rings. The smallest absolute Gasteiger partial charge is 0.229 e. The number of ether oxygens (including phenoxy) is 1. The van der Waals surface area contributed by atoms with E-state index >= 15 is 0 Å². The van der Waals surface area contributed by atoms with Gasteiger partial charge in [-0.3, -0.25) is 9.59 Å². The molecule has 1 unspecified atom stereocenters. The van der Waals surface area contributed by atoms with Gasteiger partial charge in [-0.2, -0.15) is 0 Å². The van der Waals surface area contributed by atoms with Gasteiger partial charge in [0.1, 0.15) is 5.75 Å². The van der Waals surface area contributed by atoms with E-state index in [0.717, 1.165) is 23.5 Å². The molecule has 2 N–H and O–H groups in total. The van der Waals surface area contributed by atoms with Gasteiger partial charge < -0.3 is 20.3 Å². The van der Waals surface area contributed by atoms with Crippen molar-refractivity contribution in [3.63, 3.8) is 0 Å². The summed E-state index contributed by atoms with van der Waals surface area (Å²) < 4.78 is 5.64. The summed E-state index contributed by atoms with van der Waals surface area (Å²) in [6.45, 7) is 6.36. The van der Waals surface area contributed by atoms with Crippen molar-refractivity contribution in [1.29, 1.82) is 0 Å². The topological polar surface area (TPSA) is 70.7 Å². The van der Waals surface area contributed by atoms with Gasteiger partial charge in [-0.1, -0.05) is 37.3 Å². The van der Waals surface area contributed by atoms with Crippen LogP contribution in [0.3, 0.4) is 0 Å². The second-order valence-corrected chi connectivity index (χ2v) is 6.73. The minimum absolute atomic E-state index is 0. The van der Waals surface area contributed by atoms with Crippen LogP contribution in [0.5, 0.6) is 5.75 Å². The third-order valence-electron chi connectivity index (χ3n) is 4.79.